The summed E-state index contributed by atoms with van der Waals surface area (Å²) in [7, 11) is 0. The lowest BCUT2D eigenvalue weighted by molar-refractivity contribution is -0.138. The topological polar surface area (TPSA) is 98.7 Å². The van der Waals surface area contributed by atoms with Crippen LogP contribution in [-0.4, -0.2) is 40.4 Å². The van der Waals surface area contributed by atoms with Crippen LogP contribution in [0.15, 0.2) is 0 Å². The van der Waals surface area contributed by atoms with Crippen molar-refractivity contribution in [1.82, 2.24) is 10.6 Å². The SMILES string of the molecule is C[C@@H](NC(=O)NC1CCC(O)CC1)C(=O)O. The van der Waals surface area contributed by atoms with E-state index in [0.29, 0.717) is 12.8 Å². The van der Waals surface area contributed by atoms with Gasteiger partial charge < -0.3 is 20.8 Å². The molecule has 1 fully saturated rings. The van der Waals surface area contributed by atoms with Gasteiger partial charge in [-0.15, -0.1) is 0 Å². The predicted molar refractivity (Wildman–Crippen MR) is 57.0 cm³/mol. The molecule has 16 heavy (non-hydrogen) atoms. The summed E-state index contributed by atoms with van der Waals surface area (Å²) >= 11 is 0. The largest absolute Gasteiger partial charge is 0.480 e. The quantitative estimate of drug-likeness (QED) is 0.551. The van der Waals surface area contributed by atoms with Crippen molar-refractivity contribution in [2.24, 2.45) is 0 Å². The first-order valence-corrected chi connectivity index (χ1v) is 5.47. The summed E-state index contributed by atoms with van der Waals surface area (Å²) in [6, 6.07) is -1.32. The lowest BCUT2D eigenvalue weighted by atomic mass is 9.93. The van der Waals surface area contributed by atoms with E-state index in [2.05, 4.69) is 10.6 Å². The van der Waals surface area contributed by atoms with Crippen LogP contribution < -0.4 is 10.6 Å². The van der Waals surface area contributed by atoms with Crippen molar-refractivity contribution in [3.8, 4) is 0 Å². The average Bonchev–Trinajstić information content (AvgIpc) is 2.21. The van der Waals surface area contributed by atoms with Gasteiger partial charge in [-0.1, -0.05) is 0 Å². The number of aliphatic hydroxyl groups excluding tert-OH is 1. The Labute approximate surface area is 94.0 Å². The van der Waals surface area contributed by atoms with Crippen LogP contribution in [0.25, 0.3) is 0 Å². The summed E-state index contributed by atoms with van der Waals surface area (Å²) in [4.78, 5) is 21.9. The predicted octanol–water partition coefficient (Wildman–Crippen LogP) is 0.0622. The Morgan fingerprint density at radius 1 is 1.25 bits per heavy atom. The van der Waals surface area contributed by atoms with Crippen LogP contribution in [0.1, 0.15) is 32.6 Å². The molecule has 1 atom stereocenters. The van der Waals surface area contributed by atoms with Crippen LogP contribution in [0, 0.1) is 0 Å². The number of aliphatic carboxylic acids is 1. The van der Waals surface area contributed by atoms with Crippen molar-refractivity contribution >= 4 is 12.0 Å². The van der Waals surface area contributed by atoms with Gasteiger partial charge in [-0.25, -0.2) is 4.79 Å². The number of nitrogens with one attached hydrogen (secondary N) is 2. The molecule has 0 saturated heterocycles. The van der Waals surface area contributed by atoms with Gasteiger partial charge in [0.2, 0.25) is 0 Å². The highest BCUT2D eigenvalue weighted by Crippen LogP contribution is 2.17. The highest BCUT2D eigenvalue weighted by molar-refractivity contribution is 5.82. The van der Waals surface area contributed by atoms with E-state index in [1.807, 2.05) is 0 Å². The van der Waals surface area contributed by atoms with Crippen LogP contribution in [0.5, 0.6) is 0 Å². The summed E-state index contributed by atoms with van der Waals surface area (Å²) in [6.07, 6.45) is 2.56. The standard InChI is InChI=1S/C10H18N2O4/c1-6(9(14)15)11-10(16)12-7-2-4-8(13)5-3-7/h6-8,13H,2-5H2,1H3,(H,14,15)(H2,11,12,16)/t6-,7?,8?/m1/s1. The summed E-state index contributed by atoms with van der Waals surface area (Å²) in [5.74, 6) is -1.06. The number of hydrogen-bond acceptors (Lipinski definition) is 3. The lowest BCUT2D eigenvalue weighted by Crippen LogP contribution is -2.48. The Morgan fingerprint density at radius 2 is 1.81 bits per heavy atom. The number of aliphatic hydroxyl groups is 1. The van der Waals surface area contributed by atoms with Gasteiger partial charge >= 0.3 is 12.0 Å². The first-order valence-electron chi connectivity index (χ1n) is 5.47. The normalized spacial score (nSPS) is 26.9. The molecule has 1 aliphatic carbocycles. The molecule has 0 aromatic carbocycles. The zero-order valence-electron chi connectivity index (χ0n) is 9.27. The van der Waals surface area contributed by atoms with E-state index in [1.54, 1.807) is 0 Å². The number of urea groups is 1. The molecular formula is C10H18N2O4. The van der Waals surface area contributed by atoms with Crippen LogP contribution in [0.2, 0.25) is 0 Å². The number of carboxylic acid groups (broad SMARTS) is 1. The minimum Gasteiger partial charge on any atom is -0.480 e. The monoisotopic (exact) mass is 230 g/mol. The Bertz CT molecular complexity index is 262. The third-order valence-corrected chi connectivity index (χ3v) is 2.75. The minimum atomic E-state index is -1.06. The molecule has 0 aromatic heterocycles. The molecule has 92 valence electrons. The smallest absolute Gasteiger partial charge is 0.325 e. The molecule has 0 aliphatic heterocycles. The molecule has 1 rings (SSSR count). The Balaban J connectivity index is 2.26. The van der Waals surface area contributed by atoms with Crippen molar-refractivity contribution < 1.29 is 19.8 Å². The zero-order valence-corrected chi connectivity index (χ0v) is 9.27. The van der Waals surface area contributed by atoms with Crippen molar-refractivity contribution in [3.63, 3.8) is 0 Å². The van der Waals surface area contributed by atoms with E-state index in [0.717, 1.165) is 12.8 Å². The first-order chi connectivity index (χ1) is 7.49. The molecule has 0 heterocycles. The second kappa shape index (κ2) is 5.69. The summed E-state index contributed by atoms with van der Waals surface area (Å²) < 4.78 is 0. The number of carbonyl (C=O) groups is 2. The van der Waals surface area contributed by atoms with E-state index in [1.165, 1.54) is 6.92 Å². The van der Waals surface area contributed by atoms with Crippen LogP contribution >= 0.6 is 0 Å². The van der Waals surface area contributed by atoms with Gasteiger partial charge in [0.15, 0.2) is 0 Å². The second-order valence-electron chi connectivity index (χ2n) is 4.18. The zero-order chi connectivity index (χ0) is 12.1. The number of rotatable bonds is 3. The minimum absolute atomic E-state index is 0.0318. The molecule has 1 aliphatic rings. The fourth-order valence-electron chi connectivity index (χ4n) is 1.71. The maximum atomic E-state index is 11.4. The molecule has 0 spiro atoms. The van der Waals surface area contributed by atoms with E-state index in [-0.39, 0.29) is 12.1 Å². The van der Waals surface area contributed by atoms with Gasteiger partial charge in [-0.3, -0.25) is 4.79 Å². The summed E-state index contributed by atoms with van der Waals surface area (Å²) in [5.41, 5.74) is 0. The number of amides is 2. The molecule has 6 nitrogen and oxygen atoms in total. The Kier molecular flexibility index (Phi) is 4.54. The molecular weight excluding hydrogens is 212 g/mol. The highest BCUT2D eigenvalue weighted by Gasteiger charge is 2.22. The number of hydrogen-bond donors (Lipinski definition) is 4. The van der Waals surface area contributed by atoms with E-state index in [9.17, 15) is 14.7 Å². The first kappa shape index (κ1) is 12.8. The Morgan fingerprint density at radius 3 is 2.31 bits per heavy atom. The van der Waals surface area contributed by atoms with Crippen LogP contribution in [0.3, 0.4) is 0 Å². The maximum absolute atomic E-state index is 11.4. The van der Waals surface area contributed by atoms with E-state index in [4.69, 9.17) is 5.11 Å². The molecule has 6 heteroatoms. The van der Waals surface area contributed by atoms with Gasteiger partial charge in [0.05, 0.1) is 6.10 Å². The average molecular weight is 230 g/mol. The molecule has 4 N–H and O–H groups in total. The fourth-order valence-corrected chi connectivity index (χ4v) is 1.71. The summed E-state index contributed by atoms with van der Waals surface area (Å²) in [5, 5.41) is 22.9. The molecule has 0 aromatic rings. The maximum Gasteiger partial charge on any atom is 0.325 e. The lowest BCUT2D eigenvalue weighted by Gasteiger charge is -2.26. The molecule has 2 amide bonds. The number of carbonyl (C=O) groups excluding carboxylic acids is 1. The summed E-state index contributed by atoms with van der Waals surface area (Å²) in [6.45, 7) is 1.41. The van der Waals surface area contributed by atoms with Crippen molar-refractivity contribution in [1.29, 1.82) is 0 Å². The molecule has 0 unspecified atom stereocenters. The highest BCUT2D eigenvalue weighted by atomic mass is 16.4. The van der Waals surface area contributed by atoms with Crippen LogP contribution in [-0.2, 0) is 4.79 Å². The van der Waals surface area contributed by atoms with E-state index >= 15 is 0 Å². The van der Waals surface area contributed by atoms with Crippen molar-refractivity contribution in [3.05, 3.63) is 0 Å². The Hall–Kier alpha value is -1.30. The molecule has 0 bridgehead atoms. The van der Waals surface area contributed by atoms with E-state index < -0.39 is 18.0 Å². The fraction of sp³-hybridized carbons (Fsp3) is 0.800. The van der Waals surface area contributed by atoms with Gasteiger partial charge in [-0.05, 0) is 32.6 Å². The molecule has 0 radical (unpaired) electrons. The van der Waals surface area contributed by atoms with Crippen molar-refractivity contribution in [2.45, 2.75) is 50.8 Å². The molecule has 1 saturated carbocycles. The third kappa shape index (κ3) is 4.06. The van der Waals surface area contributed by atoms with Gasteiger partial charge in [0.25, 0.3) is 0 Å². The van der Waals surface area contributed by atoms with Gasteiger partial charge in [0.1, 0.15) is 6.04 Å². The van der Waals surface area contributed by atoms with Crippen LogP contribution in [0.4, 0.5) is 4.79 Å². The van der Waals surface area contributed by atoms with Gasteiger partial charge in [-0.2, -0.15) is 0 Å². The number of carboxylic acids is 1. The second-order valence-corrected chi connectivity index (χ2v) is 4.18. The van der Waals surface area contributed by atoms with Gasteiger partial charge in [0, 0.05) is 6.04 Å². The third-order valence-electron chi connectivity index (χ3n) is 2.75. The van der Waals surface area contributed by atoms with Crippen molar-refractivity contribution in [2.75, 3.05) is 0 Å².